The zero-order valence-corrected chi connectivity index (χ0v) is 20.3. The van der Waals surface area contributed by atoms with E-state index in [2.05, 4.69) is 43.3 Å². The first-order valence-corrected chi connectivity index (χ1v) is 12.5. The number of aromatic nitrogens is 2. The lowest BCUT2D eigenvalue weighted by atomic mass is 9.45. The SMILES string of the molecule is CC(C)[C@@H]1CN(C(=O)c2cn3c(C(=O)NC[C@@H]4CC[C@H]5C[C@@H]4C5(C)C)cccc3n2)CCN1. The molecule has 3 saturated carbocycles. The second-order valence-corrected chi connectivity index (χ2v) is 11.2. The molecule has 4 atom stereocenters. The summed E-state index contributed by atoms with van der Waals surface area (Å²) >= 11 is 0. The van der Waals surface area contributed by atoms with Gasteiger partial charge in [0.15, 0.2) is 0 Å². The van der Waals surface area contributed by atoms with Crippen molar-refractivity contribution in [1.82, 2.24) is 24.9 Å². The number of nitrogens with zero attached hydrogens (tertiary/aromatic N) is 3. The van der Waals surface area contributed by atoms with Crippen LogP contribution >= 0.6 is 0 Å². The summed E-state index contributed by atoms with van der Waals surface area (Å²) in [4.78, 5) is 32.7. The lowest BCUT2D eigenvalue weighted by Gasteiger charge is -2.60. The molecule has 1 aliphatic heterocycles. The van der Waals surface area contributed by atoms with Crippen LogP contribution in [0.15, 0.2) is 24.4 Å². The highest BCUT2D eigenvalue weighted by Crippen LogP contribution is 2.61. The molecular weight excluding hydrogens is 414 g/mol. The number of piperazine rings is 1. The van der Waals surface area contributed by atoms with Gasteiger partial charge in [0.2, 0.25) is 0 Å². The van der Waals surface area contributed by atoms with E-state index in [4.69, 9.17) is 0 Å². The smallest absolute Gasteiger partial charge is 0.274 e. The van der Waals surface area contributed by atoms with E-state index >= 15 is 0 Å². The third kappa shape index (κ3) is 3.94. The molecular formula is C26H37N5O2. The molecule has 2 bridgehead atoms. The first-order valence-electron chi connectivity index (χ1n) is 12.5. The molecule has 6 rings (SSSR count). The Hall–Kier alpha value is -2.41. The molecule has 2 aromatic rings. The Labute approximate surface area is 196 Å². The number of rotatable bonds is 5. The first-order chi connectivity index (χ1) is 15.8. The number of fused-ring (bicyclic) bond motifs is 3. The van der Waals surface area contributed by atoms with E-state index in [1.54, 1.807) is 10.6 Å². The maximum Gasteiger partial charge on any atom is 0.274 e. The number of pyridine rings is 1. The van der Waals surface area contributed by atoms with Gasteiger partial charge in [0.05, 0.1) is 0 Å². The molecule has 0 aromatic carbocycles. The van der Waals surface area contributed by atoms with Crippen LogP contribution in [0.5, 0.6) is 0 Å². The summed E-state index contributed by atoms with van der Waals surface area (Å²) in [6.07, 6.45) is 5.50. The summed E-state index contributed by atoms with van der Waals surface area (Å²) in [7, 11) is 0. The lowest BCUT2D eigenvalue weighted by molar-refractivity contribution is -0.103. The molecule has 7 heteroatoms. The Balaban J connectivity index is 1.29. The maximum absolute atomic E-state index is 13.2. The average molecular weight is 452 g/mol. The molecule has 2 aromatic heterocycles. The molecule has 4 fully saturated rings. The summed E-state index contributed by atoms with van der Waals surface area (Å²) in [5, 5.41) is 6.67. The summed E-state index contributed by atoms with van der Waals surface area (Å²) in [5.41, 5.74) is 1.96. The molecule has 178 valence electrons. The molecule has 33 heavy (non-hydrogen) atoms. The van der Waals surface area contributed by atoms with Crippen LogP contribution in [0.25, 0.3) is 5.65 Å². The van der Waals surface area contributed by atoms with Crippen molar-refractivity contribution in [3.63, 3.8) is 0 Å². The van der Waals surface area contributed by atoms with E-state index < -0.39 is 0 Å². The van der Waals surface area contributed by atoms with Gasteiger partial charge in [-0.05, 0) is 60.5 Å². The third-order valence-electron chi connectivity index (χ3n) is 8.77. The fourth-order valence-corrected chi connectivity index (χ4v) is 6.39. The van der Waals surface area contributed by atoms with E-state index in [1.165, 1.54) is 19.3 Å². The second-order valence-electron chi connectivity index (χ2n) is 11.2. The van der Waals surface area contributed by atoms with Gasteiger partial charge in [0, 0.05) is 38.4 Å². The molecule has 7 nitrogen and oxygen atoms in total. The van der Waals surface area contributed by atoms with Crippen molar-refractivity contribution in [2.75, 3.05) is 26.2 Å². The highest BCUT2D eigenvalue weighted by atomic mass is 16.2. The number of carbonyl (C=O) groups excluding carboxylic acids is 2. The van der Waals surface area contributed by atoms with Crippen LogP contribution in [0.3, 0.4) is 0 Å². The van der Waals surface area contributed by atoms with Crippen LogP contribution in [0.2, 0.25) is 0 Å². The van der Waals surface area contributed by atoms with Gasteiger partial charge < -0.3 is 15.5 Å². The Morgan fingerprint density at radius 2 is 2.09 bits per heavy atom. The standard InChI is InChI=1S/C26H37N5O2/c1-16(2)20-14-30(11-10-27-20)25(33)21-15-31-22(6-5-7-23(31)29-21)24(32)28-13-17-8-9-18-12-19(17)26(18,3)4/h5-7,15-20,27H,8-14H2,1-4H3,(H,28,32)/t17-,18-,19-,20-/m0/s1. The highest BCUT2D eigenvalue weighted by molar-refractivity contribution is 5.95. The van der Waals surface area contributed by atoms with Crippen molar-refractivity contribution in [2.24, 2.45) is 29.1 Å². The van der Waals surface area contributed by atoms with Crippen LogP contribution < -0.4 is 10.6 Å². The van der Waals surface area contributed by atoms with Gasteiger partial charge in [0.1, 0.15) is 17.0 Å². The van der Waals surface area contributed by atoms with Gasteiger partial charge in [0.25, 0.3) is 11.8 Å². The third-order valence-corrected chi connectivity index (χ3v) is 8.77. The minimum atomic E-state index is -0.0988. The molecule has 2 N–H and O–H groups in total. The van der Waals surface area contributed by atoms with Crippen molar-refractivity contribution < 1.29 is 9.59 Å². The minimum absolute atomic E-state index is 0.0683. The zero-order chi connectivity index (χ0) is 23.3. The number of hydrogen-bond donors (Lipinski definition) is 2. The minimum Gasteiger partial charge on any atom is -0.350 e. The number of amides is 2. The van der Waals surface area contributed by atoms with E-state index in [0.29, 0.717) is 59.8 Å². The van der Waals surface area contributed by atoms with Crippen molar-refractivity contribution in [1.29, 1.82) is 0 Å². The second kappa shape index (κ2) is 8.42. The zero-order valence-electron chi connectivity index (χ0n) is 20.3. The monoisotopic (exact) mass is 451 g/mol. The molecule has 0 unspecified atom stereocenters. The Kier molecular flexibility index (Phi) is 5.71. The summed E-state index contributed by atoms with van der Waals surface area (Å²) < 4.78 is 1.76. The van der Waals surface area contributed by atoms with Crippen molar-refractivity contribution in [2.45, 2.75) is 53.0 Å². The normalized spacial score (nSPS) is 28.6. The van der Waals surface area contributed by atoms with Gasteiger partial charge in [-0.15, -0.1) is 0 Å². The van der Waals surface area contributed by atoms with Gasteiger partial charge in [-0.25, -0.2) is 4.98 Å². The predicted octanol–water partition coefficient (Wildman–Crippen LogP) is 3.21. The highest BCUT2D eigenvalue weighted by Gasteiger charge is 2.53. The molecule has 3 aliphatic carbocycles. The number of nitrogens with one attached hydrogen (secondary N) is 2. The number of hydrogen-bond acceptors (Lipinski definition) is 4. The Morgan fingerprint density at radius 3 is 2.82 bits per heavy atom. The van der Waals surface area contributed by atoms with Gasteiger partial charge in [-0.3, -0.25) is 14.0 Å². The van der Waals surface area contributed by atoms with Crippen LogP contribution in [-0.2, 0) is 0 Å². The average Bonchev–Trinajstić information content (AvgIpc) is 3.26. The molecule has 0 radical (unpaired) electrons. The summed E-state index contributed by atoms with van der Waals surface area (Å²) in [5.74, 6) is 2.40. The first kappa shape index (κ1) is 22.4. The quantitative estimate of drug-likeness (QED) is 0.732. The fourth-order valence-electron chi connectivity index (χ4n) is 6.39. The van der Waals surface area contributed by atoms with Crippen molar-refractivity contribution in [3.05, 3.63) is 35.8 Å². The van der Waals surface area contributed by atoms with Crippen LogP contribution in [0.4, 0.5) is 0 Å². The van der Waals surface area contributed by atoms with E-state index in [0.717, 1.165) is 12.5 Å². The van der Waals surface area contributed by atoms with Crippen LogP contribution in [0.1, 0.15) is 67.9 Å². The van der Waals surface area contributed by atoms with Gasteiger partial charge >= 0.3 is 0 Å². The number of carbonyl (C=O) groups is 2. The topological polar surface area (TPSA) is 78.7 Å². The fraction of sp³-hybridized carbons (Fsp3) is 0.654. The van der Waals surface area contributed by atoms with Gasteiger partial charge in [-0.2, -0.15) is 0 Å². The van der Waals surface area contributed by atoms with Crippen LogP contribution in [0, 0.1) is 29.1 Å². The molecule has 0 spiro atoms. The molecule has 2 amide bonds. The molecule has 1 saturated heterocycles. The van der Waals surface area contributed by atoms with Crippen molar-refractivity contribution in [3.8, 4) is 0 Å². The summed E-state index contributed by atoms with van der Waals surface area (Å²) in [6, 6.07) is 5.78. The number of imidazole rings is 1. The van der Waals surface area contributed by atoms with E-state index in [-0.39, 0.29) is 17.9 Å². The molecule has 4 aliphatic rings. The Bertz CT molecular complexity index is 1060. The van der Waals surface area contributed by atoms with E-state index in [9.17, 15) is 9.59 Å². The van der Waals surface area contributed by atoms with Crippen molar-refractivity contribution >= 4 is 17.5 Å². The van der Waals surface area contributed by atoms with Gasteiger partial charge in [-0.1, -0.05) is 33.8 Å². The predicted molar refractivity (Wildman–Crippen MR) is 128 cm³/mol. The maximum atomic E-state index is 13.2. The Morgan fingerprint density at radius 1 is 1.27 bits per heavy atom. The lowest BCUT2D eigenvalue weighted by Crippen LogP contribution is -2.54. The molecule has 3 heterocycles. The summed E-state index contributed by atoms with van der Waals surface area (Å²) in [6.45, 7) is 11.9. The van der Waals surface area contributed by atoms with E-state index in [1.807, 2.05) is 23.1 Å². The largest absolute Gasteiger partial charge is 0.350 e. The van der Waals surface area contributed by atoms with Crippen LogP contribution in [-0.4, -0.2) is 58.3 Å².